The zero-order valence-electron chi connectivity index (χ0n) is 31.0. The Hall–Kier alpha value is -1.72. The highest BCUT2D eigenvalue weighted by atomic mass is 19.3. The van der Waals surface area contributed by atoms with Crippen LogP contribution in [0.25, 0.3) is 0 Å². The molecule has 0 N–H and O–H groups in total. The Labute approximate surface area is 298 Å². The van der Waals surface area contributed by atoms with Crippen LogP contribution in [0.15, 0.2) is 24.3 Å². The van der Waals surface area contributed by atoms with E-state index in [9.17, 15) is 17.6 Å². The second kappa shape index (κ2) is 25.3. The molecule has 4 aliphatic rings. The van der Waals surface area contributed by atoms with Gasteiger partial charge in [0.25, 0.3) is 0 Å². The van der Waals surface area contributed by atoms with Gasteiger partial charge in [-0.3, -0.25) is 0 Å². The maximum Gasteiger partial charge on any atom is 0.345 e. The lowest BCUT2D eigenvalue weighted by atomic mass is 9.79. The summed E-state index contributed by atoms with van der Waals surface area (Å²) in [5.74, 6) is 16.6. The summed E-state index contributed by atoms with van der Waals surface area (Å²) < 4.78 is 54.2. The first-order valence-corrected chi connectivity index (χ1v) is 20.4. The SMILES string of the molecule is CCCCCC1CCC(C=CC#CC2CCC(C(F)F)CC2)CC1.CCCCCC1CCC(C=CC#CC2CCC(OC(F)F)CC2)CC1. The third-order valence-electron chi connectivity index (χ3n) is 11.8. The lowest BCUT2D eigenvalue weighted by molar-refractivity contribution is -0.170. The van der Waals surface area contributed by atoms with Gasteiger partial charge in [-0.15, -0.1) is 0 Å². The molecular formula is C44H68F4O. The van der Waals surface area contributed by atoms with Crippen molar-refractivity contribution in [3.8, 4) is 23.7 Å². The molecule has 0 saturated heterocycles. The molecule has 5 heteroatoms. The van der Waals surface area contributed by atoms with Crippen LogP contribution in [0.3, 0.4) is 0 Å². The molecule has 4 rings (SSSR count). The summed E-state index contributed by atoms with van der Waals surface area (Å²) in [5.41, 5.74) is 0. The first kappa shape index (κ1) is 41.7. The van der Waals surface area contributed by atoms with Crippen LogP contribution in [0.5, 0.6) is 0 Å². The number of unbranched alkanes of at least 4 members (excludes halogenated alkanes) is 4. The molecule has 0 heterocycles. The molecule has 0 aromatic rings. The molecule has 0 amide bonds. The standard InChI is InChI=1S/C22H34F2O.C22H34F2/c1-2-3-4-7-18-10-12-19(13-11-18)8-5-6-9-20-14-16-21(17-15-20)25-22(23)24;1-2-3-4-7-18-10-12-19(13-11-18)8-5-6-9-20-14-16-21(17-15-20)22(23)24/h5,8,18-22H,2-4,7,10-17H2,1H3;5,8,18-22H,2-4,7,10-17H2,1H3. The van der Waals surface area contributed by atoms with Crippen LogP contribution in [0.1, 0.15) is 168 Å². The van der Waals surface area contributed by atoms with E-state index in [2.05, 4.69) is 54.4 Å². The molecule has 278 valence electrons. The smallest absolute Gasteiger partial charge is 0.320 e. The maximum atomic E-state index is 12.6. The van der Waals surface area contributed by atoms with Crippen molar-refractivity contribution in [3.63, 3.8) is 0 Å². The average Bonchev–Trinajstić information content (AvgIpc) is 3.11. The van der Waals surface area contributed by atoms with Gasteiger partial charge in [0.2, 0.25) is 6.43 Å². The normalized spacial score (nSPS) is 30.8. The van der Waals surface area contributed by atoms with Gasteiger partial charge in [-0.25, -0.2) is 8.78 Å². The molecule has 4 aliphatic carbocycles. The van der Waals surface area contributed by atoms with Gasteiger partial charge in [-0.2, -0.15) is 8.78 Å². The van der Waals surface area contributed by atoms with Crippen molar-refractivity contribution in [2.24, 2.45) is 41.4 Å². The van der Waals surface area contributed by atoms with E-state index >= 15 is 0 Å². The van der Waals surface area contributed by atoms with Crippen LogP contribution >= 0.6 is 0 Å². The van der Waals surface area contributed by atoms with Gasteiger partial charge in [-0.05, 0) is 139 Å². The molecule has 0 radical (unpaired) electrons. The van der Waals surface area contributed by atoms with Crippen molar-refractivity contribution in [2.45, 2.75) is 187 Å². The minimum atomic E-state index is -2.64. The number of alkyl halides is 4. The lowest BCUT2D eigenvalue weighted by Crippen LogP contribution is -2.23. The molecule has 0 aromatic heterocycles. The van der Waals surface area contributed by atoms with Gasteiger partial charge >= 0.3 is 6.61 Å². The molecule has 0 aromatic carbocycles. The molecule has 1 nitrogen and oxygen atoms in total. The number of ether oxygens (including phenoxy) is 1. The Balaban J connectivity index is 0.000000266. The van der Waals surface area contributed by atoms with E-state index in [-0.39, 0.29) is 12.0 Å². The molecule has 0 atom stereocenters. The molecular weight excluding hydrogens is 620 g/mol. The lowest BCUT2D eigenvalue weighted by Gasteiger charge is -2.26. The van der Waals surface area contributed by atoms with Crippen LogP contribution in [0, 0.1) is 65.1 Å². The highest BCUT2D eigenvalue weighted by Crippen LogP contribution is 2.35. The van der Waals surface area contributed by atoms with Crippen LogP contribution in [0.2, 0.25) is 0 Å². The predicted octanol–water partition coefficient (Wildman–Crippen LogP) is 13.7. The monoisotopic (exact) mass is 689 g/mol. The second-order valence-electron chi connectivity index (χ2n) is 15.7. The highest BCUT2D eigenvalue weighted by molar-refractivity contribution is 5.19. The minimum Gasteiger partial charge on any atom is -0.320 e. The van der Waals surface area contributed by atoms with Crippen LogP contribution in [-0.4, -0.2) is 19.1 Å². The van der Waals surface area contributed by atoms with E-state index < -0.39 is 13.0 Å². The highest BCUT2D eigenvalue weighted by Gasteiger charge is 2.27. The second-order valence-corrected chi connectivity index (χ2v) is 15.7. The molecule has 4 fully saturated rings. The zero-order valence-corrected chi connectivity index (χ0v) is 31.0. The van der Waals surface area contributed by atoms with Crippen molar-refractivity contribution in [2.75, 3.05) is 0 Å². The van der Waals surface area contributed by atoms with Crippen LogP contribution in [-0.2, 0) is 4.74 Å². The van der Waals surface area contributed by atoms with Gasteiger partial charge in [0.15, 0.2) is 0 Å². The Bertz CT molecular complexity index is 1010. The van der Waals surface area contributed by atoms with E-state index in [0.717, 1.165) is 37.5 Å². The van der Waals surface area contributed by atoms with Gasteiger partial charge in [-0.1, -0.05) is 101 Å². The molecule has 0 bridgehead atoms. The third kappa shape index (κ3) is 18.4. The van der Waals surface area contributed by atoms with Gasteiger partial charge < -0.3 is 4.74 Å². The molecule has 4 saturated carbocycles. The maximum absolute atomic E-state index is 12.6. The fourth-order valence-electron chi connectivity index (χ4n) is 8.41. The Morgan fingerprint density at radius 3 is 1.37 bits per heavy atom. The van der Waals surface area contributed by atoms with Gasteiger partial charge in [0, 0.05) is 17.8 Å². The average molecular weight is 689 g/mol. The van der Waals surface area contributed by atoms with Crippen molar-refractivity contribution in [1.29, 1.82) is 0 Å². The largest absolute Gasteiger partial charge is 0.345 e. The van der Waals surface area contributed by atoms with Gasteiger partial charge in [0.05, 0.1) is 6.10 Å². The van der Waals surface area contributed by atoms with E-state index in [4.69, 9.17) is 0 Å². The Morgan fingerprint density at radius 1 is 0.551 bits per heavy atom. The number of hydrogen-bond donors (Lipinski definition) is 0. The molecule has 49 heavy (non-hydrogen) atoms. The number of hydrogen-bond acceptors (Lipinski definition) is 1. The van der Waals surface area contributed by atoms with Crippen molar-refractivity contribution >= 4 is 0 Å². The predicted molar refractivity (Wildman–Crippen MR) is 197 cm³/mol. The summed E-state index contributed by atoms with van der Waals surface area (Å²) in [4.78, 5) is 0. The third-order valence-corrected chi connectivity index (χ3v) is 11.8. The Morgan fingerprint density at radius 2 is 0.980 bits per heavy atom. The van der Waals surface area contributed by atoms with Crippen molar-refractivity contribution in [3.05, 3.63) is 24.3 Å². The fraction of sp³-hybridized carbons (Fsp3) is 0.818. The summed E-state index contributed by atoms with van der Waals surface area (Å²) in [6, 6.07) is 0. The van der Waals surface area contributed by atoms with E-state index in [1.165, 1.54) is 103 Å². The topological polar surface area (TPSA) is 9.23 Å². The quantitative estimate of drug-likeness (QED) is 0.106. The van der Waals surface area contributed by atoms with Crippen molar-refractivity contribution in [1.82, 2.24) is 0 Å². The molecule has 0 aliphatic heterocycles. The molecule has 0 spiro atoms. The summed E-state index contributed by atoms with van der Waals surface area (Å²) in [5, 5.41) is 0. The van der Waals surface area contributed by atoms with Crippen LogP contribution < -0.4 is 0 Å². The first-order chi connectivity index (χ1) is 23.9. The van der Waals surface area contributed by atoms with E-state index in [0.29, 0.717) is 49.4 Å². The Kier molecular flexibility index (Phi) is 21.5. The van der Waals surface area contributed by atoms with Crippen LogP contribution in [0.4, 0.5) is 17.6 Å². The number of allylic oxidation sites excluding steroid dienone is 4. The number of rotatable bonds is 13. The fourth-order valence-corrected chi connectivity index (χ4v) is 8.41. The zero-order chi connectivity index (χ0) is 35.1. The molecule has 0 unspecified atom stereocenters. The summed E-state index contributed by atoms with van der Waals surface area (Å²) in [6.45, 7) is 1.90. The van der Waals surface area contributed by atoms with E-state index in [1.54, 1.807) is 0 Å². The number of halogens is 4. The summed E-state index contributed by atoms with van der Waals surface area (Å²) in [7, 11) is 0. The minimum absolute atomic E-state index is 0.277. The summed E-state index contributed by atoms with van der Waals surface area (Å²) in [6.07, 6.45) is 34.2. The van der Waals surface area contributed by atoms with Gasteiger partial charge in [0.1, 0.15) is 0 Å². The summed E-state index contributed by atoms with van der Waals surface area (Å²) >= 11 is 0. The van der Waals surface area contributed by atoms with Crippen molar-refractivity contribution < 1.29 is 22.3 Å². The first-order valence-electron chi connectivity index (χ1n) is 20.4. The van der Waals surface area contributed by atoms with E-state index in [1.807, 2.05) is 12.2 Å².